The summed E-state index contributed by atoms with van der Waals surface area (Å²) in [5, 5.41) is 0.555. The molecule has 0 nitrogen and oxygen atoms in total. The van der Waals surface area contributed by atoms with Crippen molar-refractivity contribution >= 4 is 11.6 Å². The molecule has 0 unspecified atom stereocenters. The first-order chi connectivity index (χ1) is 12.1. The highest BCUT2D eigenvalue weighted by atomic mass is 35.5. The zero-order valence-electron chi connectivity index (χ0n) is 14.7. The fourth-order valence-corrected chi connectivity index (χ4v) is 4.23. The van der Waals surface area contributed by atoms with E-state index in [-0.39, 0.29) is 5.56 Å². The summed E-state index contributed by atoms with van der Waals surface area (Å²) < 4.78 is 29.1. The molecule has 0 radical (unpaired) electrons. The molecule has 0 atom stereocenters. The molecule has 0 heterocycles. The van der Waals surface area contributed by atoms with Gasteiger partial charge in [0.25, 0.3) is 0 Å². The molecule has 0 spiro atoms. The number of hydrogen-bond acceptors (Lipinski definition) is 0. The highest BCUT2D eigenvalue weighted by molar-refractivity contribution is 6.30. The van der Waals surface area contributed by atoms with Crippen molar-refractivity contribution in [2.45, 2.75) is 51.9 Å². The van der Waals surface area contributed by atoms with Crippen LogP contribution in [0.1, 0.15) is 51.0 Å². The van der Waals surface area contributed by atoms with Crippen molar-refractivity contribution in [3.05, 3.63) is 58.6 Å². The molecule has 0 bridgehead atoms. The maximum Gasteiger partial charge on any atom is 0.134 e. The van der Waals surface area contributed by atoms with Crippen molar-refractivity contribution in [2.24, 2.45) is 11.8 Å². The van der Waals surface area contributed by atoms with Crippen LogP contribution in [-0.2, 0) is 6.42 Å². The van der Waals surface area contributed by atoms with Crippen LogP contribution in [0.2, 0.25) is 5.02 Å². The second-order valence-corrected chi connectivity index (χ2v) is 7.76. The molecule has 1 saturated carbocycles. The van der Waals surface area contributed by atoms with Crippen molar-refractivity contribution in [3.63, 3.8) is 0 Å². The fourth-order valence-electron chi connectivity index (χ4n) is 4.10. The van der Waals surface area contributed by atoms with Gasteiger partial charge in [-0.15, -0.1) is 0 Å². The summed E-state index contributed by atoms with van der Waals surface area (Å²) in [7, 11) is 0. The number of benzene rings is 2. The van der Waals surface area contributed by atoms with Crippen LogP contribution in [0.5, 0.6) is 0 Å². The first kappa shape index (κ1) is 18.4. The minimum absolute atomic E-state index is 0.0343. The third-order valence-electron chi connectivity index (χ3n) is 5.42. The Morgan fingerprint density at radius 2 is 1.48 bits per heavy atom. The average molecular weight is 363 g/mol. The maximum atomic E-state index is 14.5. The zero-order valence-corrected chi connectivity index (χ0v) is 15.5. The van der Waals surface area contributed by atoms with Gasteiger partial charge in [-0.25, -0.2) is 8.78 Å². The Balaban J connectivity index is 1.71. The maximum absolute atomic E-state index is 14.5. The van der Waals surface area contributed by atoms with Crippen molar-refractivity contribution in [3.8, 4) is 11.1 Å². The summed E-state index contributed by atoms with van der Waals surface area (Å²) in [6.45, 7) is 2.24. The molecule has 1 aliphatic rings. The van der Waals surface area contributed by atoms with Gasteiger partial charge in [-0.1, -0.05) is 56.3 Å². The molecule has 0 aromatic heterocycles. The number of rotatable bonds is 5. The Morgan fingerprint density at radius 3 is 2.04 bits per heavy atom. The monoisotopic (exact) mass is 362 g/mol. The first-order valence-electron chi connectivity index (χ1n) is 9.30. The SMILES string of the molecule is CCCC1CCC(Cc2cc(F)c(-c3ccc(Cl)cc3)c(F)c2)CC1. The van der Waals surface area contributed by atoms with Gasteiger partial charge < -0.3 is 0 Å². The smallest absolute Gasteiger partial charge is 0.134 e. The Labute approximate surface area is 154 Å². The van der Waals surface area contributed by atoms with Crippen LogP contribution in [0.15, 0.2) is 36.4 Å². The van der Waals surface area contributed by atoms with E-state index in [0.717, 1.165) is 17.9 Å². The highest BCUT2D eigenvalue weighted by Gasteiger charge is 2.22. The molecule has 2 aromatic rings. The predicted octanol–water partition coefficient (Wildman–Crippen LogP) is 7.43. The van der Waals surface area contributed by atoms with Gasteiger partial charge in [0.2, 0.25) is 0 Å². The molecule has 3 rings (SSSR count). The Hall–Kier alpha value is -1.41. The topological polar surface area (TPSA) is 0 Å². The van der Waals surface area contributed by atoms with Crippen LogP contribution in [0.3, 0.4) is 0 Å². The highest BCUT2D eigenvalue weighted by Crippen LogP contribution is 2.35. The lowest BCUT2D eigenvalue weighted by Gasteiger charge is -2.28. The summed E-state index contributed by atoms with van der Waals surface area (Å²) in [4.78, 5) is 0. The number of halogens is 3. The van der Waals surface area contributed by atoms with Gasteiger partial charge in [0.05, 0.1) is 5.56 Å². The van der Waals surface area contributed by atoms with Crippen LogP contribution in [0.4, 0.5) is 8.78 Å². The van der Waals surface area contributed by atoms with E-state index in [1.807, 2.05) is 0 Å². The molecular weight excluding hydrogens is 338 g/mol. The van der Waals surface area contributed by atoms with Crippen LogP contribution < -0.4 is 0 Å². The molecule has 0 N–H and O–H groups in total. The standard InChI is InChI=1S/C22H25ClF2/c1-2-3-15-4-6-16(7-5-15)12-17-13-20(24)22(21(25)14-17)18-8-10-19(23)11-9-18/h8-11,13-16H,2-7,12H2,1H3. The second-order valence-electron chi connectivity index (χ2n) is 7.32. The molecular formula is C22H25ClF2. The van der Waals surface area contributed by atoms with Gasteiger partial charge in [0, 0.05) is 5.02 Å². The molecule has 134 valence electrons. The van der Waals surface area contributed by atoms with E-state index >= 15 is 0 Å². The van der Waals surface area contributed by atoms with Gasteiger partial charge in [-0.2, -0.15) is 0 Å². The molecule has 25 heavy (non-hydrogen) atoms. The van der Waals surface area contributed by atoms with Gasteiger partial charge >= 0.3 is 0 Å². The van der Waals surface area contributed by atoms with E-state index in [4.69, 9.17) is 11.6 Å². The first-order valence-corrected chi connectivity index (χ1v) is 9.68. The van der Waals surface area contributed by atoms with Gasteiger partial charge in [0.15, 0.2) is 0 Å². The average Bonchev–Trinajstić information content (AvgIpc) is 2.58. The summed E-state index contributed by atoms with van der Waals surface area (Å²) in [5.41, 5.74) is 1.32. The lowest BCUT2D eigenvalue weighted by molar-refractivity contribution is 0.261. The summed E-state index contributed by atoms with van der Waals surface area (Å²) in [6, 6.07) is 9.62. The van der Waals surface area contributed by atoms with Gasteiger partial charge in [0.1, 0.15) is 11.6 Å². The summed E-state index contributed by atoms with van der Waals surface area (Å²) in [6.07, 6.45) is 8.19. The van der Waals surface area contributed by atoms with Gasteiger partial charge in [-0.3, -0.25) is 0 Å². The third kappa shape index (κ3) is 4.61. The second kappa shape index (κ2) is 8.31. The van der Waals surface area contributed by atoms with Crippen molar-refractivity contribution in [1.82, 2.24) is 0 Å². The van der Waals surface area contributed by atoms with Crippen LogP contribution >= 0.6 is 11.6 Å². The van der Waals surface area contributed by atoms with E-state index in [1.165, 1.54) is 50.7 Å². The van der Waals surface area contributed by atoms with Gasteiger partial charge in [-0.05, 0) is 66.5 Å². The molecule has 2 aromatic carbocycles. The van der Waals surface area contributed by atoms with Crippen molar-refractivity contribution < 1.29 is 8.78 Å². The molecule has 3 heteroatoms. The lowest BCUT2D eigenvalue weighted by Crippen LogP contribution is -2.16. The lowest BCUT2D eigenvalue weighted by atomic mass is 9.78. The molecule has 0 saturated heterocycles. The van der Waals surface area contributed by atoms with E-state index in [2.05, 4.69) is 6.92 Å². The third-order valence-corrected chi connectivity index (χ3v) is 5.67. The quantitative estimate of drug-likeness (QED) is 0.518. The Kier molecular flexibility index (Phi) is 6.11. The molecule has 0 aliphatic heterocycles. The van der Waals surface area contributed by atoms with E-state index in [1.54, 1.807) is 24.3 Å². The largest absolute Gasteiger partial charge is 0.206 e. The summed E-state index contributed by atoms with van der Waals surface area (Å²) in [5.74, 6) is 0.421. The van der Waals surface area contributed by atoms with Crippen LogP contribution in [0, 0.1) is 23.5 Å². The molecule has 1 aliphatic carbocycles. The van der Waals surface area contributed by atoms with E-state index < -0.39 is 11.6 Å². The predicted molar refractivity (Wildman–Crippen MR) is 101 cm³/mol. The Bertz CT molecular complexity index is 677. The van der Waals surface area contributed by atoms with Crippen molar-refractivity contribution in [2.75, 3.05) is 0 Å². The van der Waals surface area contributed by atoms with Crippen molar-refractivity contribution in [1.29, 1.82) is 0 Å². The zero-order chi connectivity index (χ0) is 17.8. The summed E-state index contributed by atoms with van der Waals surface area (Å²) >= 11 is 5.85. The van der Waals surface area contributed by atoms with Crippen LogP contribution in [-0.4, -0.2) is 0 Å². The minimum atomic E-state index is -0.489. The molecule has 0 amide bonds. The Morgan fingerprint density at radius 1 is 0.920 bits per heavy atom. The minimum Gasteiger partial charge on any atom is -0.206 e. The van der Waals surface area contributed by atoms with Crippen LogP contribution in [0.25, 0.3) is 11.1 Å². The van der Waals surface area contributed by atoms with E-state index in [0.29, 0.717) is 16.5 Å². The van der Waals surface area contributed by atoms with E-state index in [9.17, 15) is 8.78 Å². The number of hydrogen-bond donors (Lipinski definition) is 0. The molecule has 1 fully saturated rings. The normalized spacial score (nSPS) is 20.6. The fraction of sp³-hybridized carbons (Fsp3) is 0.455.